The van der Waals surface area contributed by atoms with E-state index in [9.17, 15) is 19.2 Å². The fourth-order valence-electron chi connectivity index (χ4n) is 5.88. The maximum absolute atomic E-state index is 12.9. The third-order valence-electron chi connectivity index (χ3n) is 8.79. The Bertz CT molecular complexity index is 1920. The van der Waals surface area contributed by atoms with Crippen molar-refractivity contribution < 1.29 is 33.4 Å². The fourth-order valence-corrected chi connectivity index (χ4v) is 5.88. The second-order valence-electron chi connectivity index (χ2n) is 12.8. The Balaban J connectivity index is 1.24. The summed E-state index contributed by atoms with van der Waals surface area (Å²) in [6.45, 7) is 3.66. The van der Waals surface area contributed by atoms with Crippen LogP contribution in [-0.4, -0.2) is 103 Å². The lowest BCUT2D eigenvalue weighted by Gasteiger charge is -2.28. The molecule has 0 aliphatic carbocycles. The molecule has 0 spiro atoms. The van der Waals surface area contributed by atoms with Gasteiger partial charge in [0.25, 0.3) is 0 Å². The second kappa shape index (κ2) is 16.8. The molecule has 2 atom stereocenters. The van der Waals surface area contributed by atoms with Gasteiger partial charge >= 0.3 is 5.97 Å². The van der Waals surface area contributed by atoms with Crippen LogP contribution >= 0.6 is 0 Å². The first-order valence-corrected chi connectivity index (χ1v) is 16.9. The van der Waals surface area contributed by atoms with Crippen molar-refractivity contribution in [1.29, 1.82) is 0 Å². The number of nitrogens with zero attached hydrogens (tertiary/aromatic N) is 3. The minimum absolute atomic E-state index is 0.117. The van der Waals surface area contributed by atoms with Crippen LogP contribution in [0.3, 0.4) is 0 Å². The lowest BCUT2D eigenvalue weighted by molar-refractivity contribution is -0.141. The number of aromatic nitrogens is 1. The highest BCUT2D eigenvalue weighted by molar-refractivity contribution is 6.14. The van der Waals surface area contributed by atoms with E-state index < -0.39 is 42.3 Å². The van der Waals surface area contributed by atoms with Crippen LogP contribution in [0.2, 0.25) is 0 Å². The summed E-state index contributed by atoms with van der Waals surface area (Å²) in [5.41, 5.74) is 13.7. The molecule has 1 aliphatic heterocycles. The largest absolute Gasteiger partial charge is 0.493 e. The molecule has 3 amide bonds. The van der Waals surface area contributed by atoms with Crippen LogP contribution in [0.25, 0.3) is 33.0 Å². The Labute approximate surface area is 294 Å². The average Bonchev–Trinajstić information content (AvgIpc) is 3.47. The van der Waals surface area contributed by atoms with E-state index in [1.165, 1.54) is 6.92 Å². The Morgan fingerprint density at radius 1 is 1.06 bits per heavy atom. The number of nitrogens with one attached hydrogen (secondary N) is 4. The van der Waals surface area contributed by atoms with E-state index in [2.05, 4.69) is 38.2 Å². The molecule has 51 heavy (non-hydrogen) atoms. The van der Waals surface area contributed by atoms with Gasteiger partial charge in [0.05, 0.1) is 36.3 Å². The van der Waals surface area contributed by atoms with Gasteiger partial charge in [-0.1, -0.05) is 18.2 Å². The number of benzene rings is 2. The van der Waals surface area contributed by atoms with Crippen molar-refractivity contribution >= 4 is 68.3 Å². The minimum atomic E-state index is -1.23. The van der Waals surface area contributed by atoms with E-state index in [1.54, 1.807) is 0 Å². The molecule has 9 N–H and O–H groups in total. The minimum Gasteiger partial charge on any atom is -0.493 e. The number of carboxylic acid groups (broad SMARTS) is 1. The topological polar surface area (TPSA) is 240 Å². The number of carboxylic acids is 1. The number of fused-ring (bicyclic) bond motifs is 4. The number of likely N-dealkylation sites (tertiary alicyclic amines) is 1. The van der Waals surface area contributed by atoms with Crippen LogP contribution in [-0.2, 0) is 19.2 Å². The van der Waals surface area contributed by atoms with E-state index in [0.717, 1.165) is 42.5 Å². The number of carbonyl (C=O) groups excluding carboxylic acids is 3. The summed E-state index contributed by atoms with van der Waals surface area (Å²) < 4.78 is 12.5. The second-order valence-corrected chi connectivity index (χ2v) is 12.8. The number of piperidine rings is 1. The van der Waals surface area contributed by atoms with Gasteiger partial charge in [-0.2, -0.15) is 0 Å². The first kappa shape index (κ1) is 36.6. The third kappa shape index (κ3) is 9.75. The van der Waals surface area contributed by atoms with Crippen molar-refractivity contribution in [3.63, 3.8) is 0 Å². The Morgan fingerprint density at radius 3 is 2.57 bits per heavy atom. The molecular weight excluding hydrogens is 658 g/mol. The van der Waals surface area contributed by atoms with Gasteiger partial charge in [0, 0.05) is 11.9 Å². The summed E-state index contributed by atoms with van der Waals surface area (Å²) in [6, 6.07) is 10.9. The Morgan fingerprint density at radius 2 is 1.82 bits per heavy atom. The van der Waals surface area contributed by atoms with Crippen LogP contribution in [0.15, 0.2) is 51.9 Å². The summed E-state index contributed by atoms with van der Waals surface area (Å²) in [5, 5.41) is 21.3. The number of guanidine groups is 1. The van der Waals surface area contributed by atoms with Gasteiger partial charge in [-0.3, -0.25) is 24.2 Å². The zero-order chi connectivity index (χ0) is 36.5. The highest BCUT2D eigenvalue weighted by Crippen LogP contribution is 2.38. The lowest BCUT2D eigenvalue weighted by Crippen LogP contribution is -2.52. The highest BCUT2D eigenvalue weighted by atomic mass is 16.5. The quantitative estimate of drug-likeness (QED) is 0.0499. The molecule has 0 bridgehead atoms. The van der Waals surface area contributed by atoms with Gasteiger partial charge in [0.15, 0.2) is 11.5 Å². The standard InChI is InChI=1S/C35H45N9O7/c1-20(34(48)49)41-33(47)26(8-5-13-38-35(36)37)42-29(46)18-39-28(45)17-40-30-23-6-3-4-7-25(23)43-31-24-16-22(9-10-27(24)51-32(30)31)50-19-21-11-14-44(2)15-12-21/h3-4,6-7,9-10,16,20-21,26H,5,8,11-15,17-19H2,1-2H3,(H,39,45)(H,40,43)(H,41,47)(H,42,46)(H,48,49)(H4,36,37,38). The van der Waals surface area contributed by atoms with Gasteiger partial charge in [0.2, 0.25) is 17.7 Å². The normalized spacial score (nSPS) is 14.9. The van der Waals surface area contributed by atoms with E-state index in [4.69, 9.17) is 30.7 Å². The van der Waals surface area contributed by atoms with Crippen LogP contribution in [0.4, 0.5) is 5.69 Å². The predicted octanol–water partition coefficient (Wildman–Crippen LogP) is 1.51. The molecule has 16 heteroatoms. The molecule has 2 unspecified atom stereocenters. The maximum atomic E-state index is 12.9. The number of aliphatic carboxylic acids is 1. The Kier molecular flexibility index (Phi) is 12.1. The van der Waals surface area contributed by atoms with Gasteiger partial charge in [-0.25, -0.2) is 4.98 Å². The number of rotatable bonds is 16. The van der Waals surface area contributed by atoms with E-state index in [1.807, 2.05) is 42.5 Å². The number of aliphatic imine (C=N–C) groups is 1. The van der Waals surface area contributed by atoms with Crippen molar-refractivity contribution in [1.82, 2.24) is 25.8 Å². The van der Waals surface area contributed by atoms with E-state index in [-0.39, 0.29) is 25.5 Å². The molecule has 0 radical (unpaired) electrons. The van der Waals surface area contributed by atoms with Crippen LogP contribution in [0.1, 0.15) is 32.6 Å². The molecule has 2 aromatic heterocycles. The van der Waals surface area contributed by atoms with Crippen molar-refractivity contribution in [3.05, 3.63) is 42.5 Å². The molecule has 1 fully saturated rings. The number of carbonyl (C=O) groups is 4. The molecule has 16 nitrogen and oxygen atoms in total. The summed E-state index contributed by atoms with van der Waals surface area (Å²) >= 11 is 0. The predicted molar refractivity (Wildman–Crippen MR) is 193 cm³/mol. The zero-order valence-electron chi connectivity index (χ0n) is 28.7. The van der Waals surface area contributed by atoms with Crippen molar-refractivity contribution in [3.8, 4) is 5.75 Å². The third-order valence-corrected chi connectivity index (χ3v) is 8.79. The van der Waals surface area contributed by atoms with Crippen molar-refractivity contribution in [2.75, 3.05) is 51.7 Å². The average molecular weight is 704 g/mol. The molecule has 5 rings (SSSR count). The van der Waals surface area contributed by atoms with Crippen molar-refractivity contribution in [2.45, 2.75) is 44.7 Å². The summed E-state index contributed by atoms with van der Waals surface area (Å²) in [4.78, 5) is 60.8. The van der Waals surface area contributed by atoms with Gasteiger partial charge in [-0.15, -0.1) is 0 Å². The number of anilines is 1. The molecule has 2 aromatic carbocycles. The molecular formula is C35H45N9O7. The zero-order valence-corrected chi connectivity index (χ0v) is 28.7. The number of amides is 3. The molecule has 3 heterocycles. The number of ether oxygens (including phenoxy) is 1. The molecule has 1 saturated heterocycles. The maximum Gasteiger partial charge on any atom is 0.325 e. The van der Waals surface area contributed by atoms with Crippen LogP contribution in [0, 0.1) is 5.92 Å². The monoisotopic (exact) mass is 703 g/mol. The number of hydrogen-bond acceptors (Lipinski definition) is 10. The first-order valence-electron chi connectivity index (χ1n) is 16.9. The highest BCUT2D eigenvalue weighted by Gasteiger charge is 2.25. The Hall–Kier alpha value is -5.64. The van der Waals surface area contributed by atoms with Crippen LogP contribution in [0.5, 0.6) is 5.75 Å². The number of para-hydroxylation sites is 1. The fraction of sp³-hybridized carbons (Fsp3) is 0.429. The number of furan rings is 1. The van der Waals surface area contributed by atoms with Gasteiger partial charge in [0.1, 0.15) is 28.9 Å². The molecule has 272 valence electrons. The van der Waals surface area contributed by atoms with E-state index >= 15 is 0 Å². The number of hydrogen-bond donors (Lipinski definition) is 7. The summed E-state index contributed by atoms with van der Waals surface area (Å²) in [7, 11) is 2.14. The van der Waals surface area contributed by atoms with Crippen molar-refractivity contribution in [2.24, 2.45) is 22.4 Å². The van der Waals surface area contributed by atoms with Crippen LogP contribution < -0.4 is 37.5 Å². The van der Waals surface area contributed by atoms with Gasteiger partial charge in [-0.05, 0) is 82.9 Å². The molecule has 0 saturated carbocycles. The van der Waals surface area contributed by atoms with Gasteiger partial charge < -0.3 is 51.9 Å². The number of pyridine rings is 1. The first-order chi connectivity index (χ1) is 24.5. The SMILES string of the molecule is CC(NC(=O)C(CCCN=C(N)N)NC(=O)CNC(=O)CNc1c2ccccc2nc2c1oc1ccc(OCC3CCN(C)CC3)cc12)C(=O)O. The smallest absolute Gasteiger partial charge is 0.325 e. The summed E-state index contributed by atoms with van der Waals surface area (Å²) in [6.07, 6.45) is 2.66. The number of nitrogens with two attached hydrogens (primary N) is 2. The molecule has 1 aliphatic rings. The molecule has 4 aromatic rings. The lowest BCUT2D eigenvalue weighted by atomic mass is 9.98. The summed E-state index contributed by atoms with van der Waals surface area (Å²) in [5.74, 6) is -1.93. The van der Waals surface area contributed by atoms with E-state index in [0.29, 0.717) is 46.8 Å².